The second-order valence-electron chi connectivity index (χ2n) is 8.57. The van der Waals surface area contributed by atoms with E-state index in [1.807, 2.05) is 29.8 Å². The highest BCUT2D eigenvalue weighted by atomic mass is 32.2. The molecule has 5 rings (SSSR count). The molecule has 2 saturated heterocycles. The Morgan fingerprint density at radius 3 is 3.00 bits per heavy atom. The number of thiocarbonyl (C=S) groups is 1. The first-order valence-corrected chi connectivity index (χ1v) is 12.8. The number of pyridine rings is 1. The Labute approximate surface area is 212 Å². The number of nitrogens with one attached hydrogen (secondary N) is 1. The Morgan fingerprint density at radius 1 is 1.34 bits per heavy atom. The van der Waals surface area contributed by atoms with Crippen LogP contribution in [0, 0.1) is 6.92 Å². The van der Waals surface area contributed by atoms with E-state index in [1.165, 1.54) is 16.2 Å². The molecule has 0 radical (unpaired) electrons. The lowest BCUT2D eigenvalue weighted by Crippen LogP contribution is -2.35. The summed E-state index contributed by atoms with van der Waals surface area (Å²) in [5.41, 5.74) is 1.58. The van der Waals surface area contributed by atoms with Crippen LogP contribution in [0.4, 0.5) is 5.82 Å². The number of rotatable bonds is 8. The van der Waals surface area contributed by atoms with Crippen LogP contribution < -0.4 is 10.9 Å². The van der Waals surface area contributed by atoms with Gasteiger partial charge in [-0.15, -0.1) is 0 Å². The van der Waals surface area contributed by atoms with Crippen molar-refractivity contribution in [1.29, 1.82) is 0 Å². The highest BCUT2D eigenvalue weighted by Gasteiger charge is 2.35. The number of thioether (sulfide) groups is 1. The lowest BCUT2D eigenvalue weighted by Gasteiger charge is -2.18. The van der Waals surface area contributed by atoms with Crippen molar-refractivity contribution < 1.29 is 9.53 Å². The normalized spacial score (nSPS) is 19.4. The largest absolute Gasteiger partial charge is 0.376 e. The van der Waals surface area contributed by atoms with Crippen molar-refractivity contribution >= 4 is 51.7 Å². The van der Waals surface area contributed by atoms with Crippen LogP contribution in [0.5, 0.6) is 0 Å². The number of hydrogen-bond acceptors (Lipinski definition) is 8. The molecule has 5 heterocycles. The fraction of sp³-hybridized carbons (Fsp3) is 0.375. The van der Waals surface area contributed by atoms with Gasteiger partial charge in [0.1, 0.15) is 15.8 Å². The smallest absolute Gasteiger partial charge is 0.267 e. The van der Waals surface area contributed by atoms with Crippen molar-refractivity contribution in [2.24, 2.45) is 0 Å². The van der Waals surface area contributed by atoms with Gasteiger partial charge >= 0.3 is 0 Å². The molecular weight excluding hydrogens is 484 g/mol. The number of imidazole rings is 1. The molecule has 0 spiro atoms. The van der Waals surface area contributed by atoms with E-state index in [1.54, 1.807) is 29.7 Å². The molecule has 0 aromatic carbocycles. The number of amides is 1. The molecule has 0 unspecified atom stereocenters. The summed E-state index contributed by atoms with van der Waals surface area (Å²) in [5.74, 6) is 0.259. The molecule has 0 aliphatic carbocycles. The van der Waals surface area contributed by atoms with Crippen LogP contribution in [0.25, 0.3) is 11.7 Å². The minimum atomic E-state index is -0.236. The Balaban J connectivity index is 1.44. The molecule has 3 aromatic rings. The number of hydrogen-bond donors (Lipinski definition) is 1. The Morgan fingerprint density at radius 2 is 2.23 bits per heavy atom. The number of fused-ring (bicyclic) bond motifs is 1. The van der Waals surface area contributed by atoms with Crippen LogP contribution in [0.1, 0.15) is 30.4 Å². The maximum absolute atomic E-state index is 13.5. The standard InChI is InChI=1S/C24H26N6O3S2/c1-16-5-2-10-29-21(16)27-20(26-7-4-9-28-11-8-25-15-28)18(22(29)31)13-19-23(32)30(24(34)35-19)14-17-6-3-12-33-17/h2,5,8,10-11,13,15,17,26H,3-4,6-7,9,12,14H2,1H3/b19-13-/t17-/m0/s1. The zero-order valence-corrected chi connectivity index (χ0v) is 21.0. The van der Waals surface area contributed by atoms with Crippen LogP contribution in [0.3, 0.4) is 0 Å². The SMILES string of the molecule is Cc1cccn2c(=O)c(/C=C3\SC(=S)N(C[C@@H]4CCCO4)C3=O)c(NCCCn3ccnc3)nc12. The zero-order valence-electron chi connectivity index (χ0n) is 19.3. The van der Waals surface area contributed by atoms with E-state index >= 15 is 0 Å². The average Bonchev–Trinajstić information content (AvgIpc) is 3.60. The number of aromatic nitrogens is 4. The Kier molecular flexibility index (Phi) is 6.98. The predicted molar refractivity (Wildman–Crippen MR) is 140 cm³/mol. The van der Waals surface area contributed by atoms with Crippen molar-refractivity contribution in [3.63, 3.8) is 0 Å². The summed E-state index contributed by atoms with van der Waals surface area (Å²) in [6.07, 6.45) is 11.5. The molecule has 182 valence electrons. The summed E-state index contributed by atoms with van der Waals surface area (Å²) in [6.45, 7) is 4.46. The van der Waals surface area contributed by atoms with Crippen LogP contribution in [-0.2, 0) is 16.1 Å². The summed E-state index contributed by atoms with van der Waals surface area (Å²) in [5, 5.41) is 3.32. The van der Waals surface area contributed by atoms with Gasteiger partial charge in [-0.25, -0.2) is 9.97 Å². The summed E-state index contributed by atoms with van der Waals surface area (Å²) >= 11 is 6.69. The molecule has 2 fully saturated rings. The first-order chi connectivity index (χ1) is 17.0. The van der Waals surface area contributed by atoms with Crippen molar-refractivity contribution in [2.75, 3.05) is 25.0 Å². The molecule has 11 heteroatoms. The van der Waals surface area contributed by atoms with Gasteiger partial charge in [0.05, 0.1) is 29.4 Å². The number of nitrogens with zero attached hydrogens (tertiary/aromatic N) is 5. The zero-order chi connectivity index (χ0) is 24.4. The lowest BCUT2D eigenvalue weighted by atomic mass is 10.2. The molecule has 3 aromatic heterocycles. The van der Waals surface area contributed by atoms with Crippen LogP contribution in [0.2, 0.25) is 0 Å². The molecule has 9 nitrogen and oxygen atoms in total. The topological polar surface area (TPSA) is 93.8 Å². The minimum Gasteiger partial charge on any atom is -0.376 e. The fourth-order valence-electron chi connectivity index (χ4n) is 4.24. The lowest BCUT2D eigenvalue weighted by molar-refractivity contribution is -0.123. The third-order valence-electron chi connectivity index (χ3n) is 6.09. The maximum Gasteiger partial charge on any atom is 0.267 e. The average molecular weight is 511 g/mol. The molecule has 2 aliphatic rings. The van der Waals surface area contributed by atoms with Gasteiger partial charge in [0.2, 0.25) is 0 Å². The van der Waals surface area contributed by atoms with E-state index in [-0.39, 0.29) is 17.6 Å². The molecule has 1 atom stereocenters. The second kappa shape index (κ2) is 10.3. The van der Waals surface area contributed by atoms with Crippen LogP contribution in [-0.4, -0.2) is 59.9 Å². The summed E-state index contributed by atoms with van der Waals surface area (Å²) in [6, 6.07) is 3.73. The van der Waals surface area contributed by atoms with Crippen LogP contribution >= 0.6 is 24.0 Å². The van der Waals surface area contributed by atoms with Gasteiger partial charge in [-0.2, -0.15) is 0 Å². The highest BCUT2D eigenvalue weighted by molar-refractivity contribution is 8.26. The van der Waals surface area contributed by atoms with E-state index in [2.05, 4.69) is 10.3 Å². The molecule has 2 aliphatic heterocycles. The van der Waals surface area contributed by atoms with Gasteiger partial charge in [-0.3, -0.25) is 18.9 Å². The van der Waals surface area contributed by atoms with Gasteiger partial charge in [0.25, 0.3) is 11.5 Å². The first-order valence-electron chi connectivity index (χ1n) is 11.6. The van der Waals surface area contributed by atoms with Crippen molar-refractivity contribution in [3.05, 3.63) is 63.4 Å². The predicted octanol–water partition coefficient (Wildman–Crippen LogP) is 3.08. The number of anilines is 1. The number of carbonyl (C=O) groups is 1. The summed E-state index contributed by atoms with van der Waals surface area (Å²) in [7, 11) is 0. The van der Waals surface area contributed by atoms with Crippen molar-refractivity contribution in [3.8, 4) is 0 Å². The van der Waals surface area contributed by atoms with Gasteiger partial charge in [-0.05, 0) is 43.9 Å². The van der Waals surface area contributed by atoms with Crippen molar-refractivity contribution in [2.45, 2.75) is 38.8 Å². The molecule has 0 bridgehead atoms. The fourth-order valence-corrected chi connectivity index (χ4v) is 5.50. The van der Waals surface area contributed by atoms with E-state index in [9.17, 15) is 9.59 Å². The van der Waals surface area contributed by atoms with Gasteiger partial charge in [0.15, 0.2) is 0 Å². The maximum atomic E-state index is 13.5. The van der Waals surface area contributed by atoms with E-state index in [0.717, 1.165) is 31.4 Å². The molecule has 1 N–H and O–H groups in total. The van der Waals surface area contributed by atoms with Crippen molar-refractivity contribution in [1.82, 2.24) is 23.8 Å². The third-order valence-corrected chi connectivity index (χ3v) is 7.47. The number of carbonyl (C=O) groups excluding carboxylic acids is 1. The minimum absolute atomic E-state index is 0.000473. The molecular formula is C24H26N6O3S2. The second-order valence-corrected chi connectivity index (χ2v) is 10.2. The van der Waals surface area contributed by atoms with Gasteiger partial charge < -0.3 is 14.6 Å². The third kappa shape index (κ3) is 5.02. The molecule has 1 amide bonds. The van der Waals surface area contributed by atoms with Crippen LogP contribution in [0.15, 0.2) is 46.8 Å². The van der Waals surface area contributed by atoms with Gasteiger partial charge in [0, 0.05) is 38.3 Å². The Hall–Kier alpha value is -3.02. The van der Waals surface area contributed by atoms with Gasteiger partial charge in [-0.1, -0.05) is 30.0 Å². The number of aryl methyl sites for hydroxylation is 2. The molecule has 35 heavy (non-hydrogen) atoms. The summed E-state index contributed by atoms with van der Waals surface area (Å²) in [4.78, 5) is 37.5. The monoisotopic (exact) mass is 510 g/mol. The van der Waals surface area contributed by atoms with E-state index in [0.29, 0.717) is 46.0 Å². The highest BCUT2D eigenvalue weighted by Crippen LogP contribution is 2.34. The summed E-state index contributed by atoms with van der Waals surface area (Å²) < 4.78 is 9.68. The molecule has 0 saturated carbocycles. The van der Waals surface area contributed by atoms with E-state index in [4.69, 9.17) is 21.9 Å². The number of ether oxygens (including phenoxy) is 1. The first kappa shape index (κ1) is 23.7. The quantitative estimate of drug-likeness (QED) is 0.281. The van der Waals surface area contributed by atoms with E-state index < -0.39 is 0 Å². The Bertz CT molecular complexity index is 1350.